The summed E-state index contributed by atoms with van der Waals surface area (Å²) in [5.41, 5.74) is 8.68. The van der Waals surface area contributed by atoms with Gasteiger partial charge in [0, 0.05) is 24.2 Å². The van der Waals surface area contributed by atoms with E-state index in [4.69, 9.17) is 0 Å². The summed E-state index contributed by atoms with van der Waals surface area (Å²) in [5.74, 6) is 0. The molecule has 5 aromatic rings. The molecule has 0 N–H and O–H groups in total. The summed E-state index contributed by atoms with van der Waals surface area (Å²) >= 11 is 0. The maximum absolute atomic E-state index is 4.66. The highest BCUT2D eigenvalue weighted by atomic mass is 15.3. The third kappa shape index (κ3) is 5.45. The molecule has 162 valence electrons. The van der Waals surface area contributed by atoms with Crippen LogP contribution in [0.25, 0.3) is 16.9 Å². The monoisotopic (exact) mass is 429 g/mol. The van der Waals surface area contributed by atoms with Crippen molar-refractivity contribution < 1.29 is 0 Å². The normalized spacial score (nSPS) is 10.9. The van der Waals surface area contributed by atoms with Crippen LogP contribution in [-0.4, -0.2) is 14.8 Å². The van der Waals surface area contributed by atoms with Gasteiger partial charge >= 0.3 is 0 Å². The first kappa shape index (κ1) is 20.9. The van der Waals surface area contributed by atoms with Crippen molar-refractivity contribution >= 4 is 0 Å². The summed E-state index contributed by atoms with van der Waals surface area (Å²) in [6, 6.07) is 34.3. The molecule has 0 saturated heterocycles. The van der Waals surface area contributed by atoms with E-state index >= 15 is 0 Å². The number of rotatable bonds is 8. The van der Waals surface area contributed by atoms with Crippen LogP contribution in [0.1, 0.15) is 22.3 Å². The summed E-state index contributed by atoms with van der Waals surface area (Å²) in [4.78, 5) is 4.66. The Bertz CT molecular complexity index is 1270. The third-order valence-corrected chi connectivity index (χ3v) is 6.00. The van der Waals surface area contributed by atoms with Crippen LogP contribution in [-0.2, 0) is 25.7 Å². The minimum absolute atomic E-state index is 1.00. The Hall–Kier alpha value is -3.98. The molecule has 2 heterocycles. The maximum Gasteiger partial charge on any atom is 0.0702 e. The summed E-state index contributed by atoms with van der Waals surface area (Å²) in [7, 11) is 0. The van der Waals surface area contributed by atoms with Crippen molar-refractivity contribution in [1.29, 1.82) is 0 Å². The van der Waals surface area contributed by atoms with Crippen LogP contribution in [0.2, 0.25) is 0 Å². The Balaban J connectivity index is 1.16. The van der Waals surface area contributed by atoms with Gasteiger partial charge in [0.1, 0.15) is 0 Å². The molecule has 0 unspecified atom stereocenters. The van der Waals surface area contributed by atoms with Crippen LogP contribution < -0.4 is 0 Å². The molecule has 0 bridgehead atoms. The van der Waals surface area contributed by atoms with Crippen molar-refractivity contribution in [2.75, 3.05) is 0 Å². The Morgan fingerprint density at radius 2 is 1.27 bits per heavy atom. The van der Waals surface area contributed by atoms with Crippen molar-refractivity contribution in [3.8, 4) is 16.9 Å². The lowest BCUT2D eigenvalue weighted by Gasteiger charge is -2.08. The van der Waals surface area contributed by atoms with E-state index < -0.39 is 0 Å². The van der Waals surface area contributed by atoms with E-state index in [1.165, 1.54) is 22.3 Å². The Morgan fingerprint density at radius 3 is 1.94 bits per heavy atom. The average Bonchev–Trinajstić information content (AvgIpc) is 3.43. The first-order chi connectivity index (χ1) is 16.3. The SMILES string of the molecule is c1ccc(-c2ccc(CCc3cccc(CCc4ccc(-n5cccn5)cc4)c3)cn2)cc1. The lowest BCUT2D eigenvalue weighted by atomic mass is 9.99. The first-order valence-corrected chi connectivity index (χ1v) is 11.5. The van der Waals surface area contributed by atoms with Gasteiger partial charge in [0.05, 0.1) is 11.4 Å². The average molecular weight is 430 g/mol. The second-order valence-electron chi connectivity index (χ2n) is 8.35. The lowest BCUT2D eigenvalue weighted by Crippen LogP contribution is -1.97. The first-order valence-electron chi connectivity index (χ1n) is 11.5. The largest absolute Gasteiger partial charge is 0.256 e. The van der Waals surface area contributed by atoms with Crippen molar-refractivity contribution in [2.24, 2.45) is 0 Å². The number of nitrogens with zero attached hydrogens (tertiary/aromatic N) is 3. The van der Waals surface area contributed by atoms with Gasteiger partial charge in [-0.2, -0.15) is 5.10 Å². The van der Waals surface area contributed by atoms with Crippen LogP contribution in [0.15, 0.2) is 116 Å². The van der Waals surface area contributed by atoms with Gasteiger partial charge in [0.2, 0.25) is 0 Å². The zero-order valence-electron chi connectivity index (χ0n) is 18.6. The molecule has 0 aliphatic carbocycles. The molecule has 0 aliphatic heterocycles. The molecule has 3 aromatic carbocycles. The molecule has 3 heteroatoms. The van der Waals surface area contributed by atoms with Crippen molar-refractivity contribution in [2.45, 2.75) is 25.7 Å². The lowest BCUT2D eigenvalue weighted by molar-refractivity contribution is 0.876. The van der Waals surface area contributed by atoms with Gasteiger partial charge in [0.15, 0.2) is 0 Å². The van der Waals surface area contributed by atoms with E-state index in [1.54, 1.807) is 6.20 Å². The molecule has 2 aromatic heterocycles. The van der Waals surface area contributed by atoms with Crippen molar-refractivity contribution in [1.82, 2.24) is 14.8 Å². The highest BCUT2D eigenvalue weighted by Crippen LogP contribution is 2.18. The Kier molecular flexibility index (Phi) is 6.39. The molecule has 3 nitrogen and oxygen atoms in total. The van der Waals surface area contributed by atoms with Gasteiger partial charge in [-0.1, -0.05) is 72.8 Å². The van der Waals surface area contributed by atoms with Crippen LogP contribution in [0.5, 0.6) is 0 Å². The van der Waals surface area contributed by atoms with Gasteiger partial charge in [0.25, 0.3) is 0 Å². The third-order valence-electron chi connectivity index (χ3n) is 6.00. The quantitative estimate of drug-likeness (QED) is 0.282. The molecule has 0 atom stereocenters. The fourth-order valence-corrected chi connectivity index (χ4v) is 4.11. The number of aryl methyl sites for hydroxylation is 4. The molecule has 0 saturated carbocycles. The highest BCUT2D eigenvalue weighted by Gasteiger charge is 2.03. The summed E-state index contributed by atoms with van der Waals surface area (Å²) in [6.45, 7) is 0. The molecule has 0 aliphatic rings. The number of benzene rings is 3. The predicted octanol–water partition coefficient (Wildman–Crippen LogP) is 6.50. The van der Waals surface area contributed by atoms with E-state index in [2.05, 4.69) is 82.9 Å². The van der Waals surface area contributed by atoms with Crippen molar-refractivity contribution in [3.63, 3.8) is 0 Å². The van der Waals surface area contributed by atoms with Gasteiger partial charge < -0.3 is 0 Å². The van der Waals surface area contributed by atoms with Gasteiger partial charge in [-0.15, -0.1) is 0 Å². The second-order valence-corrected chi connectivity index (χ2v) is 8.35. The van der Waals surface area contributed by atoms with Gasteiger partial charge in [-0.05, 0) is 72.2 Å². The summed E-state index contributed by atoms with van der Waals surface area (Å²) in [6.07, 6.45) is 9.89. The number of hydrogen-bond donors (Lipinski definition) is 0. The van der Waals surface area contributed by atoms with Crippen LogP contribution >= 0.6 is 0 Å². The van der Waals surface area contributed by atoms with E-state index in [1.807, 2.05) is 41.3 Å². The fourth-order valence-electron chi connectivity index (χ4n) is 4.11. The minimum atomic E-state index is 1.00. The molecular weight excluding hydrogens is 402 g/mol. The van der Waals surface area contributed by atoms with Crippen molar-refractivity contribution in [3.05, 3.63) is 138 Å². The van der Waals surface area contributed by atoms with Gasteiger partial charge in [-0.25, -0.2) is 4.68 Å². The number of pyridine rings is 1. The highest BCUT2D eigenvalue weighted by molar-refractivity contribution is 5.58. The Morgan fingerprint density at radius 1 is 0.576 bits per heavy atom. The zero-order chi connectivity index (χ0) is 22.3. The summed E-state index contributed by atoms with van der Waals surface area (Å²) < 4.78 is 1.89. The topological polar surface area (TPSA) is 30.7 Å². The predicted molar refractivity (Wildman–Crippen MR) is 134 cm³/mol. The van der Waals surface area contributed by atoms with Crippen LogP contribution in [0, 0.1) is 0 Å². The van der Waals surface area contributed by atoms with E-state index in [0.29, 0.717) is 0 Å². The number of aromatic nitrogens is 3. The van der Waals surface area contributed by atoms with Gasteiger partial charge in [-0.3, -0.25) is 4.98 Å². The molecule has 5 rings (SSSR count). The van der Waals surface area contributed by atoms with Crippen LogP contribution in [0.3, 0.4) is 0 Å². The molecule has 0 radical (unpaired) electrons. The van der Waals surface area contributed by atoms with Crippen LogP contribution in [0.4, 0.5) is 0 Å². The maximum atomic E-state index is 4.66. The molecule has 33 heavy (non-hydrogen) atoms. The number of hydrogen-bond acceptors (Lipinski definition) is 2. The second kappa shape index (κ2) is 10.1. The summed E-state index contributed by atoms with van der Waals surface area (Å²) in [5, 5.41) is 4.29. The molecule has 0 amide bonds. The molecular formula is C30H27N3. The van der Waals surface area contributed by atoms with E-state index in [9.17, 15) is 0 Å². The molecule has 0 fully saturated rings. The minimum Gasteiger partial charge on any atom is -0.256 e. The zero-order valence-corrected chi connectivity index (χ0v) is 18.6. The smallest absolute Gasteiger partial charge is 0.0702 e. The Labute approximate surface area is 195 Å². The standard InChI is InChI=1S/C30H27N3/c1-2-8-28(9-3-1)30-19-16-27(23-31-30)13-12-26-7-4-6-25(22-26)11-10-24-14-17-29(18-15-24)33-21-5-20-32-33/h1-9,14-23H,10-13H2. The van der Waals surface area contributed by atoms with E-state index in [0.717, 1.165) is 42.6 Å². The molecule has 0 spiro atoms. The fraction of sp³-hybridized carbons (Fsp3) is 0.133. The van der Waals surface area contributed by atoms with E-state index in [-0.39, 0.29) is 0 Å².